The Morgan fingerprint density at radius 2 is 2.00 bits per heavy atom. The minimum absolute atomic E-state index is 0.0797. The second kappa shape index (κ2) is 8.21. The summed E-state index contributed by atoms with van der Waals surface area (Å²) in [7, 11) is -1.83. The zero-order valence-electron chi connectivity index (χ0n) is 12.8. The third-order valence-corrected chi connectivity index (χ3v) is 4.92. The van der Waals surface area contributed by atoms with E-state index in [1.807, 2.05) is 13.8 Å². The van der Waals surface area contributed by atoms with Crippen LogP contribution in [0.1, 0.15) is 13.8 Å². The number of hydrogen-bond donors (Lipinski definition) is 1. The zero-order chi connectivity index (χ0) is 15.9. The third kappa shape index (κ3) is 5.91. The summed E-state index contributed by atoms with van der Waals surface area (Å²) in [6.45, 7) is 4.47. The molecule has 0 amide bonds. The van der Waals surface area contributed by atoms with E-state index in [9.17, 15) is 8.42 Å². The molecule has 0 saturated heterocycles. The van der Waals surface area contributed by atoms with Gasteiger partial charge in [0.15, 0.2) is 0 Å². The Morgan fingerprint density at radius 3 is 2.57 bits per heavy atom. The van der Waals surface area contributed by atoms with Gasteiger partial charge in [0.1, 0.15) is 12.4 Å². The van der Waals surface area contributed by atoms with Crippen LogP contribution >= 0.6 is 0 Å². The van der Waals surface area contributed by atoms with Crippen LogP contribution in [0, 0.1) is 0 Å². The maximum absolute atomic E-state index is 12.3. The SMILES string of the molecule is COCCN(C(C)C)S(=O)(=O)CCOc1cccc(N)c1. The summed E-state index contributed by atoms with van der Waals surface area (Å²) in [5.74, 6) is 0.488. The average molecular weight is 316 g/mol. The first-order valence-corrected chi connectivity index (χ1v) is 8.44. The van der Waals surface area contributed by atoms with Gasteiger partial charge in [-0.3, -0.25) is 0 Å². The van der Waals surface area contributed by atoms with Gasteiger partial charge in [-0.1, -0.05) is 6.07 Å². The van der Waals surface area contributed by atoms with E-state index in [2.05, 4.69) is 0 Å². The van der Waals surface area contributed by atoms with Gasteiger partial charge in [0, 0.05) is 31.5 Å². The molecule has 21 heavy (non-hydrogen) atoms. The number of benzene rings is 1. The van der Waals surface area contributed by atoms with Gasteiger partial charge >= 0.3 is 0 Å². The summed E-state index contributed by atoms with van der Waals surface area (Å²) in [4.78, 5) is 0. The van der Waals surface area contributed by atoms with Crippen molar-refractivity contribution in [2.24, 2.45) is 0 Å². The summed E-state index contributed by atoms with van der Waals surface area (Å²) in [5, 5.41) is 0. The van der Waals surface area contributed by atoms with Gasteiger partial charge in [-0.25, -0.2) is 8.42 Å². The predicted octanol–water partition coefficient (Wildman–Crippen LogP) is 1.33. The lowest BCUT2D eigenvalue weighted by Crippen LogP contribution is -2.41. The molecule has 0 fully saturated rings. The highest BCUT2D eigenvalue weighted by Gasteiger charge is 2.24. The van der Waals surface area contributed by atoms with Crippen LogP contribution in [-0.2, 0) is 14.8 Å². The number of nitrogens with two attached hydrogens (primary N) is 1. The minimum Gasteiger partial charge on any atom is -0.492 e. The predicted molar refractivity (Wildman–Crippen MR) is 83.9 cm³/mol. The molecule has 1 aromatic rings. The number of rotatable bonds is 9. The number of nitrogen functional groups attached to an aromatic ring is 1. The van der Waals surface area contributed by atoms with Gasteiger partial charge in [-0.05, 0) is 26.0 Å². The van der Waals surface area contributed by atoms with Crippen molar-refractivity contribution in [2.75, 3.05) is 38.4 Å². The Hall–Kier alpha value is -1.31. The van der Waals surface area contributed by atoms with Gasteiger partial charge < -0.3 is 15.2 Å². The van der Waals surface area contributed by atoms with Crippen LogP contribution in [0.15, 0.2) is 24.3 Å². The standard InChI is InChI=1S/C14H24N2O4S/c1-12(2)16(7-8-19-3)21(17,18)10-9-20-14-6-4-5-13(15)11-14/h4-6,11-12H,7-10,15H2,1-3H3. The molecule has 0 aliphatic carbocycles. The summed E-state index contributed by atoms with van der Waals surface area (Å²) in [5.41, 5.74) is 6.22. The second-order valence-electron chi connectivity index (χ2n) is 4.93. The van der Waals surface area contributed by atoms with Crippen molar-refractivity contribution in [3.8, 4) is 5.75 Å². The summed E-state index contributed by atoms with van der Waals surface area (Å²) in [6, 6.07) is 6.80. The summed E-state index contributed by atoms with van der Waals surface area (Å²) >= 11 is 0. The number of hydrogen-bond acceptors (Lipinski definition) is 5. The molecule has 0 aliphatic heterocycles. The molecule has 0 radical (unpaired) electrons. The average Bonchev–Trinajstić information content (AvgIpc) is 2.38. The fourth-order valence-corrected chi connectivity index (χ4v) is 3.41. The van der Waals surface area contributed by atoms with E-state index in [0.29, 0.717) is 24.6 Å². The van der Waals surface area contributed by atoms with E-state index >= 15 is 0 Å². The second-order valence-corrected chi connectivity index (χ2v) is 6.98. The van der Waals surface area contributed by atoms with Crippen molar-refractivity contribution in [1.29, 1.82) is 0 Å². The molecule has 0 atom stereocenters. The molecule has 0 unspecified atom stereocenters. The van der Waals surface area contributed by atoms with Crippen LogP contribution in [0.4, 0.5) is 5.69 Å². The monoisotopic (exact) mass is 316 g/mol. The first kappa shape index (κ1) is 17.7. The molecule has 0 bridgehead atoms. The first-order valence-electron chi connectivity index (χ1n) is 6.83. The molecule has 0 spiro atoms. The largest absolute Gasteiger partial charge is 0.492 e. The van der Waals surface area contributed by atoms with Crippen molar-refractivity contribution >= 4 is 15.7 Å². The Morgan fingerprint density at radius 1 is 1.29 bits per heavy atom. The molecule has 0 aliphatic rings. The van der Waals surface area contributed by atoms with Gasteiger partial charge in [-0.15, -0.1) is 0 Å². The quantitative estimate of drug-likeness (QED) is 0.695. The normalized spacial score (nSPS) is 12.0. The molecular weight excluding hydrogens is 292 g/mol. The van der Waals surface area contributed by atoms with Gasteiger partial charge in [0.25, 0.3) is 0 Å². The molecule has 6 nitrogen and oxygen atoms in total. The van der Waals surface area contributed by atoms with Crippen LogP contribution in [0.3, 0.4) is 0 Å². The Kier molecular flexibility index (Phi) is 6.94. The number of nitrogens with zero attached hydrogens (tertiary/aromatic N) is 1. The Bertz CT molecular complexity index is 532. The van der Waals surface area contributed by atoms with Crippen molar-refractivity contribution < 1.29 is 17.9 Å². The maximum Gasteiger partial charge on any atom is 0.217 e. The van der Waals surface area contributed by atoms with E-state index < -0.39 is 10.0 Å². The minimum atomic E-state index is -3.38. The van der Waals surface area contributed by atoms with Crippen LogP contribution in [0.5, 0.6) is 5.75 Å². The molecule has 1 aromatic carbocycles. The van der Waals surface area contributed by atoms with Crippen molar-refractivity contribution in [3.05, 3.63) is 24.3 Å². The third-order valence-electron chi connectivity index (χ3n) is 2.92. The lowest BCUT2D eigenvalue weighted by atomic mass is 10.3. The van der Waals surface area contributed by atoms with E-state index in [-0.39, 0.29) is 18.4 Å². The highest BCUT2D eigenvalue weighted by atomic mass is 32.2. The maximum atomic E-state index is 12.3. The molecule has 0 saturated carbocycles. The van der Waals surface area contributed by atoms with Gasteiger partial charge in [0.2, 0.25) is 10.0 Å². The fraction of sp³-hybridized carbons (Fsp3) is 0.571. The smallest absolute Gasteiger partial charge is 0.217 e. The Balaban J connectivity index is 2.58. The molecule has 2 N–H and O–H groups in total. The number of methoxy groups -OCH3 is 1. The number of sulfonamides is 1. The van der Waals surface area contributed by atoms with Gasteiger partial charge in [0.05, 0.1) is 12.4 Å². The lowest BCUT2D eigenvalue weighted by molar-refractivity contribution is 0.170. The lowest BCUT2D eigenvalue weighted by Gasteiger charge is -2.25. The topological polar surface area (TPSA) is 81.9 Å². The van der Waals surface area contributed by atoms with Crippen LogP contribution in [0.25, 0.3) is 0 Å². The van der Waals surface area contributed by atoms with Crippen molar-refractivity contribution in [1.82, 2.24) is 4.31 Å². The van der Waals surface area contributed by atoms with Crippen molar-refractivity contribution in [2.45, 2.75) is 19.9 Å². The zero-order valence-corrected chi connectivity index (χ0v) is 13.6. The number of ether oxygens (including phenoxy) is 2. The van der Waals surface area contributed by atoms with Gasteiger partial charge in [-0.2, -0.15) is 4.31 Å². The molecule has 1 rings (SSSR count). The van der Waals surface area contributed by atoms with Crippen molar-refractivity contribution in [3.63, 3.8) is 0 Å². The number of anilines is 1. The summed E-state index contributed by atoms with van der Waals surface area (Å²) in [6.07, 6.45) is 0. The highest BCUT2D eigenvalue weighted by Crippen LogP contribution is 2.15. The van der Waals surface area contributed by atoms with Crippen LogP contribution < -0.4 is 10.5 Å². The van der Waals surface area contributed by atoms with Crippen LogP contribution in [0.2, 0.25) is 0 Å². The molecule has 120 valence electrons. The Labute approximate surface area is 126 Å². The highest BCUT2D eigenvalue weighted by molar-refractivity contribution is 7.89. The molecule has 0 heterocycles. The molecule has 7 heteroatoms. The van der Waals surface area contributed by atoms with E-state index in [0.717, 1.165) is 0 Å². The van der Waals surface area contributed by atoms with Crippen LogP contribution in [-0.4, -0.2) is 51.4 Å². The molecular formula is C14H24N2O4S. The first-order chi connectivity index (χ1) is 9.86. The van der Waals surface area contributed by atoms with E-state index in [4.69, 9.17) is 15.2 Å². The summed E-state index contributed by atoms with van der Waals surface area (Å²) < 4.78 is 36.4. The molecule has 0 aromatic heterocycles. The van der Waals surface area contributed by atoms with E-state index in [1.165, 1.54) is 4.31 Å². The fourth-order valence-electron chi connectivity index (χ4n) is 1.89. The van der Waals surface area contributed by atoms with E-state index in [1.54, 1.807) is 31.4 Å².